The zero-order chi connectivity index (χ0) is 19.6. The Labute approximate surface area is 169 Å². The molecule has 3 fully saturated rings. The first-order valence-electron chi connectivity index (χ1n) is 11.4. The zero-order valence-electron chi connectivity index (χ0n) is 17.2. The van der Waals surface area contributed by atoms with Crippen molar-refractivity contribution in [3.05, 3.63) is 35.4 Å². The normalized spacial score (nSPS) is 30.1. The summed E-state index contributed by atoms with van der Waals surface area (Å²) in [7, 11) is 0. The zero-order valence-corrected chi connectivity index (χ0v) is 17.2. The van der Waals surface area contributed by atoms with Crippen LogP contribution in [0.3, 0.4) is 0 Å². The van der Waals surface area contributed by atoms with Gasteiger partial charge < -0.3 is 15.7 Å². The molecule has 4 rings (SSSR count). The van der Waals surface area contributed by atoms with Gasteiger partial charge in [0.1, 0.15) is 0 Å². The van der Waals surface area contributed by atoms with Crippen LogP contribution < -0.4 is 5.73 Å². The number of amides is 1. The summed E-state index contributed by atoms with van der Waals surface area (Å²) in [5, 5.41) is 10.8. The predicted molar refractivity (Wildman–Crippen MR) is 112 cm³/mol. The largest absolute Gasteiger partial charge is 0.390 e. The number of piperidine rings is 1. The molecule has 4 nitrogen and oxygen atoms in total. The van der Waals surface area contributed by atoms with Crippen molar-refractivity contribution in [2.75, 3.05) is 13.1 Å². The number of aliphatic hydroxyl groups is 1. The first kappa shape index (κ1) is 19.9. The molecule has 1 saturated heterocycles. The number of carbonyl (C=O) groups excluding carboxylic acids is 1. The smallest absolute Gasteiger partial charge is 0.248 e. The minimum atomic E-state index is -0.398. The standard InChI is InChI=1S/C24H36N2O2/c25-22(27)20-9-2-3-10-21(20)23-11-6-8-19(18-23)26(17-15-23)16-7-14-24(28)12-4-1-5-13-24/h2-3,9-10,19,28H,1,4-8,11-18H2,(H2,25,27). The van der Waals surface area contributed by atoms with Crippen molar-refractivity contribution < 1.29 is 9.90 Å². The summed E-state index contributed by atoms with van der Waals surface area (Å²) in [4.78, 5) is 14.7. The van der Waals surface area contributed by atoms with Crippen molar-refractivity contribution in [3.8, 4) is 0 Å². The Morgan fingerprint density at radius 3 is 2.68 bits per heavy atom. The Morgan fingerprint density at radius 2 is 1.89 bits per heavy atom. The van der Waals surface area contributed by atoms with Gasteiger partial charge in [0, 0.05) is 11.6 Å². The maximum absolute atomic E-state index is 12.0. The predicted octanol–water partition coefficient (Wildman–Crippen LogP) is 4.15. The third-order valence-electron chi connectivity index (χ3n) is 7.85. The van der Waals surface area contributed by atoms with Crippen LogP contribution in [-0.2, 0) is 5.41 Å². The van der Waals surface area contributed by atoms with Gasteiger partial charge in [0.25, 0.3) is 0 Å². The molecular formula is C24H36N2O2. The third-order valence-corrected chi connectivity index (χ3v) is 7.85. The molecule has 1 heterocycles. The Morgan fingerprint density at radius 1 is 1.11 bits per heavy atom. The Balaban J connectivity index is 1.40. The number of nitrogens with two attached hydrogens (primary N) is 1. The van der Waals surface area contributed by atoms with Gasteiger partial charge in [0.15, 0.2) is 0 Å². The highest BCUT2D eigenvalue weighted by molar-refractivity contribution is 5.94. The quantitative estimate of drug-likeness (QED) is 0.774. The van der Waals surface area contributed by atoms with Crippen LogP contribution in [0.25, 0.3) is 0 Å². The molecule has 2 atom stereocenters. The van der Waals surface area contributed by atoms with Crippen molar-refractivity contribution in [3.63, 3.8) is 0 Å². The topological polar surface area (TPSA) is 66.6 Å². The van der Waals surface area contributed by atoms with Gasteiger partial charge in [-0.1, -0.05) is 43.9 Å². The fourth-order valence-corrected chi connectivity index (χ4v) is 6.32. The molecule has 2 bridgehead atoms. The van der Waals surface area contributed by atoms with E-state index < -0.39 is 5.60 Å². The minimum Gasteiger partial charge on any atom is -0.390 e. The molecule has 0 spiro atoms. The van der Waals surface area contributed by atoms with E-state index in [1.54, 1.807) is 0 Å². The van der Waals surface area contributed by atoms with Crippen molar-refractivity contribution in [2.24, 2.45) is 5.73 Å². The lowest BCUT2D eigenvalue weighted by atomic mass is 9.62. The van der Waals surface area contributed by atoms with E-state index in [1.807, 2.05) is 12.1 Å². The van der Waals surface area contributed by atoms with Gasteiger partial charge in [-0.25, -0.2) is 0 Å². The molecule has 1 amide bonds. The van der Waals surface area contributed by atoms with Crippen molar-refractivity contribution in [1.29, 1.82) is 0 Å². The number of primary amides is 1. The van der Waals surface area contributed by atoms with Crippen LogP contribution in [-0.4, -0.2) is 40.6 Å². The number of likely N-dealkylation sites (tertiary alicyclic amines) is 1. The average Bonchev–Trinajstić information content (AvgIpc) is 2.70. The Bertz CT molecular complexity index is 698. The van der Waals surface area contributed by atoms with E-state index in [9.17, 15) is 9.90 Å². The molecular weight excluding hydrogens is 348 g/mol. The highest BCUT2D eigenvalue weighted by Crippen LogP contribution is 2.48. The number of hydrogen-bond donors (Lipinski definition) is 2. The van der Waals surface area contributed by atoms with Crippen molar-refractivity contribution >= 4 is 5.91 Å². The second-order valence-electron chi connectivity index (χ2n) is 9.61. The monoisotopic (exact) mass is 384 g/mol. The van der Waals surface area contributed by atoms with E-state index in [0.717, 1.165) is 57.2 Å². The molecule has 3 aliphatic rings. The van der Waals surface area contributed by atoms with Gasteiger partial charge in [0.05, 0.1) is 5.60 Å². The summed E-state index contributed by atoms with van der Waals surface area (Å²) in [6, 6.07) is 8.61. The summed E-state index contributed by atoms with van der Waals surface area (Å²) < 4.78 is 0. The van der Waals surface area contributed by atoms with Gasteiger partial charge in [-0.2, -0.15) is 0 Å². The molecule has 1 aromatic rings. The molecule has 3 N–H and O–H groups in total. The Hall–Kier alpha value is -1.39. The number of benzene rings is 1. The summed E-state index contributed by atoms with van der Waals surface area (Å²) in [6.07, 6.45) is 13.6. The maximum Gasteiger partial charge on any atom is 0.248 e. The molecule has 0 radical (unpaired) electrons. The van der Waals surface area contributed by atoms with E-state index in [-0.39, 0.29) is 11.3 Å². The molecule has 2 aliphatic carbocycles. The van der Waals surface area contributed by atoms with Crippen LogP contribution >= 0.6 is 0 Å². The van der Waals surface area contributed by atoms with Crippen LogP contribution in [0.5, 0.6) is 0 Å². The molecule has 4 heteroatoms. The van der Waals surface area contributed by atoms with Crippen LogP contribution in [0.2, 0.25) is 0 Å². The number of hydrogen-bond acceptors (Lipinski definition) is 3. The Kier molecular flexibility index (Phi) is 5.80. The fraction of sp³-hybridized carbons (Fsp3) is 0.708. The first-order valence-corrected chi connectivity index (χ1v) is 11.4. The highest BCUT2D eigenvalue weighted by Gasteiger charge is 2.44. The van der Waals surface area contributed by atoms with Crippen molar-refractivity contribution in [2.45, 2.75) is 94.1 Å². The number of nitrogens with zero attached hydrogens (tertiary/aromatic N) is 1. The van der Waals surface area contributed by atoms with Crippen LogP contribution in [0.4, 0.5) is 0 Å². The lowest BCUT2D eigenvalue weighted by Crippen LogP contribution is -2.52. The second kappa shape index (κ2) is 8.16. The highest BCUT2D eigenvalue weighted by atomic mass is 16.3. The number of carbonyl (C=O) groups is 1. The van der Waals surface area contributed by atoms with Gasteiger partial charge in [-0.3, -0.25) is 4.79 Å². The van der Waals surface area contributed by atoms with Gasteiger partial charge in [-0.05, 0) is 81.5 Å². The molecule has 2 saturated carbocycles. The number of fused-ring (bicyclic) bond motifs is 2. The number of rotatable bonds is 6. The molecule has 0 aromatic heterocycles. The summed E-state index contributed by atoms with van der Waals surface area (Å²) in [5.74, 6) is -0.296. The van der Waals surface area contributed by atoms with E-state index in [2.05, 4.69) is 17.0 Å². The molecule has 2 unspecified atom stereocenters. The van der Waals surface area contributed by atoms with Crippen LogP contribution in [0, 0.1) is 0 Å². The van der Waals surface area contributed by atoms with E-state index in [0.29, 0.717) is 6.04 Å². The lowest BCUT2D eigenvalue weighted by molar-refractivity contribution is -0.0124. The summed E-state index contributed by atoms with van der Waals surface area (Å²) >= 11 is 0. The lowest BCUT2D eigenvalue weighted by Gasteiger charge is -2.51. The van der Waals surface area contributed by atoms with E-state index in [1.165, 1.54) is 44.1 Å². The van der Waals surface area contributed by atoms with Gasteiger partial charge >= 0.3 is 0 Å². The molecule has 1 aromatic carbocycles. The summed E-state index contributed by atoms with van der Waals surface area (Å²) in [6.45, 7) is 2.19. The van der Waals surface area contributed by atoms with E-state index >= 15 is 0 Å². The fourth-order valence-electron chi connectivity index (χ4n) is 6.32. The van der Waals surface area contributed by atoms with Crippen LogP contribution in [0.15, 0.2) is 24.3 Å². The average molecular weight is 385 g/mol. The van der Waals surface area contributed by atoms with Crippen LogP contribution in [0.1, 0.15) is 93.0 Å². The van der Waals surface area contributed by atoms with Crippen molar-refractivity contribution in [1.82, 2.24) is 4.90 Å². The second-order valence-corrected chi connectivity index (χ2v) is 9.61. The van der Waals surface area contributed by atoms with E-state index in [4.69, 9.17) is 5.73 Å². The minimum absolute atomic E-state index is 0.118. The summed E-state index contributed by atoms with van der Waals surface area (Å²) in [5.41, 5.74) is 7.31. The first-order chi connectivity index (χ1) is 13.5. The maximum atomic E-state index is 12.0. The molecule has 28 heavy (non-hydrogen) atoms. The van der Waals surface area contributed by atoms with Gasteiger partial charge in [-0.15, -0.1) is 0 Å². The molecule has 1 aliphatic heterocycles. The molecule has 154 valence electrons. The SMILES string of the molecule is NC(=O)c1ccccc1C12CCCC(C1)N(CCCC1(O)CCCCC1)CC2. The third kappa shape index (κ3) is 3.99. The van der Waals surface area contributed by atoms with Gasteiger partial charge in [0.2, 0.25) is 5.91 Å².